The first-order valence-electron chi connectivity index (χ1n) is 20.7. The van der Waals surface area contributed by atoms with Gasteiger partial charge in [-0.05, 0) is 111 Å². The lowest BCUT2D eigenvalue weighted by molar-refractivity contribution is -0.152. The molecule has 0 aliphatic rings. The first-order valence-corrected chi connectivity index (χ1v) is 27.4. The van der Waals surface area contributed by atoms with Crippen LogP contribution in [0.1, 0.15) is 125 Å². The second kappa shape index (κ2) is 21.2. The molecule has 0 saturated heterocycles. The maximum atomic E-state index is 14.6. The van der Waals surface area contributed by atoms with Crippen LogP contribution >= 0.6 is 11.3 Å². The fourth-order valence-electron chi connectivity index (χ4n) is 6.41. The summed E-state index contributed by atoms with van der Waals surface area (Å²) in [7, 11) is -2.70. The van der Waals surface area contributed by atoms with Crippen molar-refractivity contribution in [1.29, 1.82) is 0 Å². The van der Waals surface area contributed by atoms with Crippen molar-refractivity contribution in [2.24, 2.45) is 17.3 Å². The van der Waals surface area contributed by atoms with Crippen LogP contribution in [-0.4, -0.2) is 63.9 Å². The molecule has 11 heteroatoms. The number of allylic oxidation sites excluding steroid dienone is 1. The number of aliphatic carboxylic acids is 1. The Balaban J connectivity index is 2.25. The number of carboxylic acid groups (broad SMARTS) is 1. The zero-order chi connectivity index (χ0) is 43.6. The number of aryl methyl sites for hydroxylation is 1. The molecule has 2 rings (SSSR count). The second-order valence-electron chi connectivity index (χ2n) is 19.6. The number of carboxylic acids is 1. The first-order chi connectivity index (χ1) is 26.1. The predicted molar refractivity (Wildman–Crippen MR) is 243 cm³/mol. The molecule has 1 heterocycles. The highest BCUT2D eigenvalue weighted by atomic mass is 32.1. The first kappa shape index (κ1) is 50.7. The molecule has 0 fully saturated rings. The number of thiazole rings is 1. The van der Waals surface area contributed by atoms with Gasteiger partial charge < -0.3 is 23.4 Å². The normalized spacial score (nSPS) is 16.3. The standard InChI is InChI=1S/C46H77NO7SSi2/c1-32(22-20-18-19-21-23-39(53-56(14,15)44(5,6)7)33(2)28-37-31-55-35(4)47-37)42(54-57(16,17)45(8,9)10)34(3)43(50)46(11,12)40(29-41(48)49)52-30-36-24-26-38(51-13)27-25-36/h19,21,24-28,31-32,34,39-40,42H,18,20,22-23,29-30H2,1-17H3,(H,48,49)/b21-19-,33-28+/t32-,34+,39-,40-,42-/m0/s1. The number of benzene rings is 1. The van der Waals surface area contributed by atoms with Crippen molar-refractivity contribution >= 4 is 45.8 Å². The van der Waals surface area contributed by atoms with Gasteiger partial charge in [-0.3, -0.25) is 9.59 Å². The Bertz CT molecular complexity index is 1630. The maximum Gasteiger partial charge on any atom is 0.306 e. The molecule has 0 saturated carbocycles. The van der Waals surface area contributed by atoms with Gasteiger partial charge in [0.1, 0.15) is 11.5 Å². The third kappa shape index (κ3) is 15.3. The Morgan fingerprint density at radius 3 is 2.00 bits per heavy atom. The van der Waals surface area contributed by atoms with Crippen molar-refractivity contribution < 1.29 is 33.0 Å². The smallest absolute Gasteiger partial charge is 0.306 e. The number of ether oxygens (including phenoxy) is 2. The Labute approximate surface area is 352 Å². The molecule has 1 N–H and O–H groups in total. The number of methoxy groups -OCH3 is 1. The molecule has 0 bridgehead atoms. The summed E-state index contributed by atoms with van der Waals surface area (Å²) < 4.78 is 25.6. The third-order valence-electron chi connectivity index (χ3n) is 12.4. The Hall–Kier alpha value is -2.42. The van der Waals surface area contributed by atoms with Gasteiger partial charge in [-0.15, -0.1) is 11.3 Å². The average Bonchev–Trinajstić information content (AvgIpc) is 3.51. The zero-order valence-corrected chi connectivity index (χ0v) is 41.3. The van der Waals surface area contributed by atoms with E-state index in [-0.39, 0.29) is 47.0 Å². The van der Waals surface area contributed by atoms with Gasteiger partial charge in [0, 0.05) is 11.3 Å². The van der Waals surface area contributed by atoms with Crippen LogP contribution in [0.25, 0.3) is 6.08 Å². The lowest BCUT2D eigenvalue weighted by Gasteiger charge is -2.44. The molecule has 0 aliphatic carbocycles. The fraction of sp³-hybridized carbons (Fsp3) is 0.674. The molecule has 1 aromatic heterocycles. The number of ketones is 1. The molecule has 2 aromatic rings. The van der Waals surface area contributed by atoms with Crippen LogP contribution in [0.2, 0.25) is 36.3 Å². The lowest BCUT2D eigenvalue weighted by Crippen LogP contribution is -2.51. The van der Waals surface area contributed by atoms with Crippen molar-refractivity contribution in [2.45, 2.75) is 176 Å². The quantitative estimate of drug-likeness (QED) is 0.0670. The molecule has 0 aliphatic heterocycles. The maximum absolute atomic E-state index is 14.6. The van der Waals surface area contributed by atoms with Crippen molar-refractivity contribution in [1.82, 2.24) is 4.98 Å². The summed E-state index contributed by atoms with van der Waals surface area (Å²) in [5.41, 5.74) is 1.98. The van der Waals surface area contributed by atoms with E-state index in [9.17, 15) is 14.7 Å². The number of carbonyl (C=O) groups excluding carboxylic acids is 1. The molecule has 1 aromatic carbocycles. The van der Waals surface area contributed by atoms with E-state index < -0.39 is 40.0 Å². The van der Waals surface area contributed by atoms with Crippen LogP contribution in [0.5, 0.6) is 5.75 Å². The molecular formula is C46H77NO7SSi2. The summed E-state index contributed by atoms with van der Waals surface area (Å²) in [6.45, 7) is 34.8. The lowest BCUT2D eigenvalue weighted by atomic mass is 9.73. The van der Waals surface area contributed by atoms with Crippen molar-refractivity contribution in [3.63, 3.8) is 0 Å². The van der Waals surface area contributed by atoms with Crippen molar-refractivity contribution in [3.05, 3.63) is 63.6 Å². The number of rotatable bonds is 23. The van der Waals surface area contributed by atoms with E-state index in [1.165, 1.54) is 5.57 Å². The summed E-state index contributed by atoms with van der Waals surface area (Å²) in [4.78, 5) is 31.3. The van der Waals surface area contributed by atoms with Gasteiger partial charge in [0.25, 0.3) is 0 Å². The Morgan fingerprint density at radius 1 is 0.912 bits per heavy atom. The number of Topliss-reactive ketones (excluding diaryl/α,β-unsaturated/α-hetero) is 1. The van der Waals surface area contributed by atoms with Crippen molar-refractivity contribution in [3.8, 4) is 5.75 Å². The number of carbonyl (C=O) groups is 2. The highest BCUT2D eigenvalue weighted by Crippen LogP contribution is 2.42. The molecule has 57 heavy (non-hydrogen) atoms. The minimum Gasteiger partial charge on any atom is -0.497 e. The SMILES string of the molecule is COc1ccc(CO[C@@H](CC(=O)O)C(C)(C)C(=O)[C@H](C)[C@@H](O[Si](C)(C)C(C)(C)C)[C@@H](C)CCC/C=C\C[C@H](O[Si](C)(C)C(C)(C)C)/C(C)=C/c2csc(C)n2)cc1. The molecule has 0 amide bonds. The van der Waals surface area contributed by atoms with E-state index >= 15 is 0 Å². The van der Waals surface area contributed by atoms with E-state index in [0.29, 0.717) is 0 Å². The monoisotopic (exact) mass is 843 g/mol. The van der Waals surface area contributed by atoms with Crippen LogP contribution < -0.4 is 4.74 Å². The van der Waals surface area contributed by atoms with Crippen LogP contribution in [0, 0.1) is 24.2 Å². The molecule has 0 spiro atoms. The Morgan fingerprint density at radius 2 is 1.49 bits per heavy atom. The van der Waals surface area contributed by atoms with Crippen molar-refractivity contribution in [2.75, 3.05) is 7.11 Å². The Kier molecular flexibility index (Phi) is 18.9. The average molecular weight is 844 g/mol. The fourth-order valence-corrected chi connectivity index (χ4v) is 9.80. The molecule has 322 valence electrons. The third-order valence-corrected chi connectivity index (χ3v) is 22.2. The number of unbranched alkanes of at least 4 members (excludes halogenated alkanes) is 1. The van der Waals surface area contributed by atoms with Gasteiger partial charge in [0.05, 0.1) is 54.6 Å². The summed E-state index contributed by atoms with van der Waals surface area (Å²) in [5.74, 6) is -0.684. The van der Waals surface area contributed by atoms with E-state index in [4.69, 9.17) is 18.3 Å². The van der Waals surface area contributed by atoms with Crippen LogP contribution in [0.3, 0.4) is 0 Å². The molecule has 0 radical (unpaired) electrons. The van der Waals surface area contributed by atoms with E-state index in [0.717, 1.165) is 47.7 Å². The van der Waals surface area contributed by atoms with Crippen LogP contribution in [0.15, 0.2) is 47.4 Å². The molecular weight excluding hydrogens is 767 g/mol. The molecule has 5 atom stereocenters. The van der Waals surface area contributed by atoms with Crippen LogP contribution in [-0.2, 0) is 29.8 Å². The van der Waals surface area contributed by atoms with E-state index in [1.807, 2.05) is 52.0 Å². The summed E-state index contributed by atoms with van der Waals surface area (Å²) in [6, 6.07) is 7.46. The summed E-state index contributed by atoms with van der Waals surface area (Å²) in [6.07, 6.45) is 8.80. The van der Waals surface area contributed by atoms with Gasteiger partial charge in [-0.25, -0.2) is 4.98 Å². The summed E-state index contributed by atoms with van der Waals surface area (Å²) in [5, 5.41) is 13.1. The van der Waals surface area contributed by atoms with E-state index in [1.54, 1.807) is 18.4 Å². The largest absolute Gasteiger partial charge is 0.497 e. The minimum absolute atomic E-state index is 0.0224. The minimum atomic E-state index is -2.28. The van der Waals surface area contributed by atoms with Gasteiger partial charge in [0.15, 0.2) is 16.6 Å². The van der Waals surface area contributed by atoms with Gasteiger partial charge in [-0.1, -0.05) is 93.5 Å². The molecule has 0 unspecified atom stereocenters. The molecule has 8 nitrogen and oxygen atoms in total. The second-order valence-corrected chi connectivity index (χ2v) is 30.2. The number of hydrogen-bond acceptors (Lipinski definition) is 8. The number of aromatic nitrogens is 1. The topological polar surface area (TPSA) is 104 Å². The number of hydrogen-bond donors (Lipinski definition) is 1. The van der Waals surface area contributed by atoms with Crippen LogP contribution in [0.4, 0.5) is 0 Å². The van der Waals surface area contributed by atoms with Gasteiger partial charge in [0.2, 0.25) is 0 Å². The zero-order valence-electron chi connectivity index (χ0n) is 38.5. The number of nitrogens with zero attached hydrogens (tertiary/aromatic N) is 1. The van der Waals surface area contributed by atoms with E-state index in [2.05, 4.69) is 110 Å². The summed E-state index contributed by atoms with van der Waals surface area (Å²) >= 11 is 1.66. The van der Waals surface area contributed by atoms with Gasteiger partial charge in [-0.2, -0.15) is 0 Å². The van der Waals surface area contributed by atoms with Gasteiger partial charge >= 0.3 is 5.97 Å². The predicted octanol–water partition coefficient (Wildman–Crippen LogP) is 12.7. The highest BCUT2D eigenvalue weighted by molar-refractivity contribution is 7.09. The highest BCUT2D eigenvalue weighted by Gasteiger charge is 2.47.